The van der Waals surface area contributed by atoms with Crippen molar-refractivity contribution in [3.8, 4) is 51.3 Å². The van der Waals surface area contributed by atoms with Gasteiger partial charge in [-0.05, 0) is 141 Å². The van der Waals surface area contributed by atoms with Crippen molar-refractivity contribution in [2.24, 2.45) is 0 Å². The van der Waals surface area contributed by atoms with E-state index >= 15 is 0 Å². The molecule has 0 amide bonds. The minimum absolute atomic E-state index is 0.524. The fourth-order valence-electron chi connectivity index (χ4n) is 16.2. The Kier molecular flexibility index (Phi) is 10.9. The summed E-state index contributed by atoms with van der Waals surface area (Å²) in [5.74, 6) is 0. The average Bonchev–Trinajstić information content (AvgIpc) is 1.58. The maximum atomic E-state index is 11.9. The van der Waals surface area contributed by atoms with Gasteiger partial charge in [-0.1, -0.05) is 170 Å². The Bertz CT molecular complexity index is 5780. The number of fused-ring (bicyclic) bond motifs is 18. The molecule has 8 nitrogen and oxygen atoms in total. The van der Waals surface area contributed by atoms with Gasteiger partial charge in [0.25, 0.3) is 0 Å². The summed E-state index contributed by atoms with van der Waals surface area (Å²) >= 11 is 0. The van der Waals surface area contributed by atoms with E-state index in [2.05, 4.69) is 339 Å². The zero-order valence-corrected chi connectivity index (χ0v) is 51.3. The molecule has 94 heavy (non-hydrogen) atoms. The Labute approximate surface area is 538 Å². The predicted octanol–water partition coefficient (Wildman–Crippen LogP) is 21.8. The highest BCUT2D eigenvalue weighted by atomic mass is 15.1. The predicted molar refractivity (Wildman–Crippen MR) is 390 cm³/mol. The molecular weight excluding hydrogens is 1150 g/mol. The molecule has 0 atom stereocenters. The van der Waals surface area contributed by atoms with Crippen LogP contribution >= 0.6 is 0 Å². The maximum Gasteiger partial charge on any atom is 0.0993 e. The zero-order valence-electron chi connectivity index (χ0n) is 51.3. The van der Waals surface area contributed by atoms with Gasteiger partial charge in [-0.25, -0.2) is 0 Å². The van der Waals surface area contributed by atoms with Gasteiger partial charge in [-0.2, -0.15) is 5.26 Å². The van der Waals surface area contributed by atoms with Crippen molar-refractivity contribution in [1.29, 1.82) is 5.26 Å². The lowest BCUT2D eigenvalue weighted by Crippen LogP contribution is -2.06. The molecule has 0 aliphatic rings. The van der Waals surface area contributed by atoms with E-state index in [1.165, 1.54) is 43.1 Å². The number of pyridine rings is 1. The van der Waals surface area contributed by atoms with Gasteiger partial charge in [0.2, 0.25) is 0 Å². The van der Waals surface area contributed by atoms with Gasteiger partial charge < -0.3 is 27.4 Å². The molecule has 0 saturated carbocycles. The van der Waals surface area contributed by atoms with Crippen molar-refractivity contribution in [2.75, 3.05) is 0 Å². The zero-order chi connectivity index (χ0) is 62.0. The third-order valence-electron chi connectivity index (χ3n) is 19.9. The van der Waals surface area contributed by atoms with Crippen LogP contribution in [0.15, 0.2) is 291 Å². The molecule has 7 aromatic heterocycles. The van der Waals surface area contributed by atoms with Crippen LogP contribution in [-0.4, -0.2) is 32.4 Å². The molecule has 0 unspecified atom stereocenters. The van der Waals surface area contributed by atoms with E-state index in [1.54, 1.807) is 0 Å². The van der Waals surface area contributed by atoms with Crippen molar-refractivity contribution in [3.05, 3.63) is 308 Å². The second kappa shape index (κ2) is 19.7. The first kappa shape index (κ1) is 52.1. The van der Waals surface area contributed by atoms with E-state index < -0.39 is 0 Å². The Morgan fingerprint density at radius 2 is 0.468 bits per heavy atom. The van der Waals surface area contributed by atoms with Gasteiger partial charge >= 0.3 is 0 Å². The number of aryl methyl sites for hydroxylation is 2. The standard InChI is InChI=1S/C86H54N8/c1-52-43-55(44-53(2)88-52)86-84(93-80-47-56(89-72-27-11-3-19-60(72)61-20-4-12-28-73(61)89)35-39-68(80)69-40-36-57(48-81(69)93)90-74-29-13-5-21-62(74)63-22-6-14-30-75(63)90)45-54(51-87)46-85(86)94-82-49-58(91-76-31-15-7-23-64(76)65-24-8-16-32-77(65)91)37-41-70(82)71-42-38-59(50-83(71)94)92-78-33-17-9-25-66(78)67-26-10-18-34-79(67)92/h3-50H,1-2H3. The van der Waals surface area contributed by atoms with E-state index in [-0.39, 0.29) is 0 Å². The van der Waals surface area contributed by atoms with E-state index in [4.69, 9.17) is 4.98 Å². The largest absolute Gasteiger partial charge is 0.309 e. The quantitative estimate of drug-likeness (QED) is 0.160. The smallest absolute Gasteiger partial charge is 0.0993 e. The first-order valence-corrected chi connectivity index (χ1v) is 32.1. The molecule has 0 N–H and O–H groups in total. The first-order valence-electron chi connectivity index (χ1n) is 32.1. The summed E-state index contributed by atoms with van der Waals surface area (Å²) in [7, 11) is 0. The van der Waals surface area contributed by atoms with Gasteiger partial charge in [-0.3, -0.25) is 4.98 Å². The fourth-order valence-corrected chi connectivity index (χ4v) is 16.2. The molecular formula is C86H54N8. The van der Waals surface area contributed by atoms with Crippen LogP contribution in [-0.2, 0) is 0 Å². The second-order valence-electron chi connectivity index (χ2n) is 25.1. The Morgan fingerprint density at radius 3 is 0.702 bits per heavy atom. The Balaban J connectivity index is 0.953. The van der Waals surface area contributed by atoms with Gasteiger partial charge in [-0.15, -0.1) is 0 Å². The molecule has 20 rings (SSSR count). The molecule has 0 fully saturated rings. The number of hydrogen-bond acceptors (Lipinski definition) is 2. The SMILES string of the molecule is Cc1cc(-c2c(-n3c4cc(-n5c6ccccc6c6ccccc65)ccc4c4ccc(-n5c6ccccc6c6ccccc65)cc43)cc(C#N)cc2-n2c3cc(-n4c5ccccc5c5ccccc54)ccc3c3ccc(-n4c5ccccc5c5ccccc54)cc32)cc(C)n1. The molecule has 7 heterocycles. The van der Waals surface area contributed by atoms with Crippen LogP contribution in [0.2, 0.25) is 0 Å². The third-order valence-corrected chi connectivity index (χ3v) is 19.9. The van der Waals surface area contributed by atoms with Gasteiger partial charge in [0.1, 0.15) is 0 Å². The highest BCUT2D eigenvalue weighted by Crippen LogP contribution is 2.47. The summed E-state index contributed by atoms with van der Waals surface area (Å²) in [6, 6.07) is 109. The number of aromatic nitrogens is 7. The van der Waals surface area contributed by atoms with Gasteiger partial charge in [0.15, 0.2) is 0 Å². The molecule has 0 saturated heterocycles. The fraction of sp³-hybridized carbons (Fsp3) is 0.0233. The first-order chi connectivity index (χ1) is 46.4. The number of para-hydroxylation sites is 8. The summed E-state index contributed by atoms with van der Waals surface area (Å²) in [5.41, 5.74) is 23.1. The molecule has 438 valence electrons. The van der Waals surface area contributed by atoms with Crippen LogP contribution in [0.3, 0.4) is 0 Å². The van der Waals surface area contributed by atoms with Crippen LogP contribution in [0.5, 0.6) is 0 Å². The lowest BCUT2D eigenvalue weighted by Gasteiger charge is -2.22. The van der Waals surface area contributed by atoms with E-state index in [0.717, 1.165) is 144 Å². The molecule has 8 heteroatoms. The summed E-state index contributed by atoms with van der Waals surface area (Å²) in [6.45, 7) is 4.18. The number of nitriles is 1. The van der Waals surface area contributed by atoms with Crippen molar-refractivity contribution < 1.29 is 0 Å². The van der Waals surface area contributed by atoms with Crippen molar-refractivity contribution in [2.45, 2.75) is 13.8 Å². The maximum absolute atomic E-state index is 11.9. The highest BCUT2D eigenvalue weighted by molar-refractivity contribution is 6.17. The van der Waals surface area contributed by atoms with Crippen LogP contribution in [0.1, 0.15) is 17.0 Å². The topological polar surface area (TPSA) is 66.3 Å². The third kappa shape index (κ3) is 7.34. The molecule has 0 aliphatic carbocycles. The molecule has 0 aliphatic heterocycles. The summed E-state index contributed by atoms with van der Waals surface area (Å²) in [5, 5.41) is 25.8. The molecule has 20 aromatic rings. The minimum Gasteiger partial charge on any atom is -0.309 e. The van der Waals surface area contributed by atoms with Gasteiger partial charge in [0.05, 0.1) is 89.2 Å². The second-order valence-corrected chi connectivity index (χ2v) is 25.1. The van der Waals surface area contributed by atoms with E-state index in [9.17, 15) is 5.26 Å². The summed E-state index contributed by atoms with van der Waals surface area (Å²) in [6.07, 6.45) is 0. The monoisotopic (exact) mass is 1200 g/mol. The van der Waals surface area contributed by atoms with E-state index in [0.29, 0.717) is 5.56 Å². The average molecular weight is 1200 g/mol. The highest BCUT2D eigenvalue weighted by Gasteiger charge is 2.27. The lowest BCUT2D eigenvalue weighted by molar-refractivity contribution is 1.10. The van der Waals surface area contributed by atoms with Crippen LogP contribution in [0, 0.1) is 25.2 Å². The molecule has 0 bridgehead atoms. The lowest BCUT2D eigenvalue weighted by atomic mass is 9.97. The summed E-state index contributed by atoms with van der Waals surface area (Å²) < 4.78 is 14.6. The normalized spacial score (nSPS) is 12.1. The molecule has 13 aromatic carbocycles. The van der Waals surface area contributed by atoms with Crippen molar-refractivity contribution >= 4 is 131 Å². The summed E-state index contributed by atoms with van der Waals surface area (Å²) in [4.78, 5) is 5.06. The van der Waals surface area contributed by atoms with Crippen molar-refractivity contribution in [1.82, 2.24) is 32.4 Å². The van der Waals surface area contributed by atoms with Crippen molar-refractivity contribution in [3.63, 3.8) is 0 Å². The van der Waals surface area contributed by atoms with Crippen LogP contribution in [0.25, 0.3) is 176 Å². The molecule has 0 radical (unpaired) electrons. The van der Waals surface area contributed by atoms with Crippen LogP contribution in [0.4, 0.5) is 0 Å². The number of benzene rings is 13. The number of rotatable bonds is 7. The number of nitrogens with zero attached hydrogens (tertiary/aromatic N) is 8. The van der Waals surface area contributed by atoms with E-state index in [1.807, 2.05) is 0 Å². The Hall–Kier alpha value is -12.7. The van der Waals surface area contributed by atoms with Gasteiger partial charge in [0, 0.05) is 104 Å². The van der Waals surface area contributed by atoms with Crippen LogP contribution < -0.4 is 0 Å². The number of hydrogen-bond donors (Lipinski definition) is 0. The minimum atomic E-state index is 0.524. The molecule has 0 spiro atoms. The Morgan fingerprint density at radius 1 is 0.245 bits per heavy atom.